The van der Waals surface area contributed by atoms with Gasteiger partial charge in [-0.1, -0.05) is 11.5 Å². The Bertz CT molecular complexity index is 1150. The lowest BCUT2D eigenvalue weighted by molar-refractivity contribution is -0.955. The summed E-state index contributed by atoms with van der Waals surface area (Å²) in [5.41, 5.74) is -1.56. The number of halogens is 1. The molecular formula is C22H23ClN4O8. The van der Waals surface area contributed by atoms with Crippen LogP contribution in [-0.4, -0.2) is 82.0 Å². The maximum Gasteiger partial charge on any atom is 0.546 e. The number of aliphatic carboxylic acids is 1. The molecule has 5 rings (SSSR count). The monoisotopic (exact) mass is 506 g/mol. The molecule has 4 heterocycles. The molecule has 1 fully saturated rings. The highest BCUT2D eigenvalue weighted by Crippen LogP contribution is 2.53. The van der Waals surface area contributed by atoms with E-state index in [2.05, 4.69) is 0 Å². The molecule has 0 aromatic heterocycles. The Morgan fingerprint density at radius 1 is 1.03 bits per heavy atom. The van der Waals surface area contributed by atoms with Crippen LogP contribution in [0.25, 0.3) is 0 Å². The van der Waals surface area contributed by atoms with Crippen LogP contribution in [0, 0.1) is 0 Å². The molecule has 1 aromatic rings. The van der Waals surface area contributed by atoms with Gasteiger partial charge >= 0.3 is 18.2 Å². The van der Waals surface area contributed by atoms with Crippen molar-refractivity contribution in [2.75, 3.05) is 6.54 Å². The maximum absolute atomic E-state index is 13.9. The van der Waals surface area contributed by atoms with Crippen molar-refractivity contribution < 1.29 is 56.6 Å². The molecule has 0 aliphatic carbocycles. The van der Waals surface area contributed by atoms with Crippen molar-refractivity contribution in [2.24, 2.45) is 0 Å². The highest BCUT2D eigenvalue weighted by Gasteiger charge is 2.75. The molecule has 186 valence electrons. The molecule has 0 radical (unpaired) electrons. The highest BCUT2D eigenvalue weighted by atomic mass is 35.5. The van der Waals surface area contributed by atoms with Gasteiger partial charge in [0.1, 0.15) is 5.75 Å². The molecule has 0 spiro atoms. The van der Waals surface area contributed by atoms with E-state index in [1.807, 2.05) is 0 Å². The van der Waals surface area contributed by atoms with Gasteiger partial charge in [0, 0.05) is 30.9 Å². The average molecular weight is 507 g/mol. The second kappa shape index (κ2) is 8.96. The van der Waals surface area contributed by atoms with Gasteiger partial charge in [0.2, 0.25) is 17.8 Å². The third kappa shape index (κ3) is 3.67. The predicted octanol–water partition coefficient (Wildman–Crippen LogP) is -0.611. The van der Waals surface area contributed by atoms with Crippen molar-refractivity contribution in [3.63, 3.8) is 0 Å². The number of quaternary nitrogens is 1. The van der Waals surface area contributed by atoms with Crippen LogP contribution in [0.15, 0.2) is 60.8 Å². The molecular weight excluding hydrogens is 484 g/mol. The number of carbonyl (C=O) groups excluding carboxylic acids is 1. The number of fused-ring (bicyclic) bond motifs is 1. The maximum atomic E-state index is 13.9. The Hall–Kier alpha value is -4.03. The minimum Gasteiger partial charge on any atom is -1.00 e. The summed E-state index contributed by atoms with van der Waals surface area (Å²) < 4.78 is -0.911. The normalized spacial score (nSPS) is 23.3. The summed E-state index contributed by atoms with van der Waals surface area (Å²) in [5, 5.41) is 39.8. The molecule has 2 bridgehead atoms. The number of carboxylic acids is 1. The van der Waals surface area contributed by atoms with Crippen LogP contribution in [0.3, 0.4) is 0 Å². The largest absolute Gasteiger partial charge is 1.00 e. The minimum atomic E-state index is -1.73. The van der Waals surface area contributed by atoms with E-state index in [9.17, 15) is 34.5 Å². The Morgan fingerprint density at radius 2 is 1.63 bits per heavy atom. The van der Waals surface area contributed by atoms with Crippen LogP contribution in [-0.2, 0) is 4.79 Å². The molecule has 4 aliphatic heterocycles. The van der Waals surface area contributed by atoms with Crippen LogP contribution in [0.2, 0.25) is 0 Å². The molecule has 2 atom stereocenters. The fourth-order valence-electron chi connectivity index (χ4n) is 4.66. The van der Waals surface area contributed by atoms with E-state index in [1.165, 1.54) is 60.0 Å². The number of rotatable bonds is 7. The van der Waals surface area contributed by atoms with Crippen LogP contribution in [0.4, 0.5) is 9.59 Å². The first-order valence-electron chi connectivity index (χ1n) is 10.5. The smallest absolute Gasteiger partial charge is 0.546 e. The number of aromatic hydroxyl groups is 1. The van der Waals surface area contributed by atoms with Gasteiger partial charge in [-0.2, -0.15) is 14.7 Å². The number of hydrogen-bond donors (Lipinski definition) is 4. The summed E-state index contributed by atoms with van der Waals surface area (Å²) >= 11 is 0. The second-order valence-corrected chi connectivity index (χ2v) is 8.08. The first kappa shape index (κ1) is 25.6. The summed E-state index contributed by atoms with van der Waals surface area (Å²) in [6, 6.07) is 5.42. The van der Waals surface area contributed by atoms with E-state index in [0.717, 1.165) is 4.90 Å². The van der Waals surface area contributed by atoms with E-state index in [4.69, 9.17) is 5.11 Å². The number of carbonyl (C=O) groups is 4. The van der Waals surface area contributed by atoms with Crippen molar-refractivity contribution in [3.05, 3.63) is 66.4 Å². The molecule has 2 unspecified atom stereocenters. The van der Waals surface area contributed by atoms with Crippen molar-refractivity contribution in [1.29, 1.82) is 0 Å². The fraction of sp³-hybridized carbons (Fsp3) is 0.273. The SMILES string of the molecule is CCC1N(C(=O)O)C2=C[N+]1(C(=O)O)N2C1(C(=O)c2ccc(O)cc2)C=CN(CCC(=O)O)C=C1.[Cl-]. The predicted molar refractivity (Wildman–Crippen MR) is 115 cm³/mol. The summed E-state index contributed by atoms with van der Waals surface area (Å²) in [7, 11) is 0. The first-order chi connectivity index (χ1) is 16.1. The van der Waals surface area contributed by atoms with Crippen LogP contribution in [0.1, 0.15) is 30.1 Å². The van der Waals surface area contributed by atoms with E-state index >= 15 is 0 Å². The Balaban J connectivity index is 0.00000342. The van der Waals surface area contributed by atoms with Gasteiger partial charge in [-0.15, -0.1) is 0 Å². The molecule has 2 amide bonds. The lowest BCUT2D eigenvalue weighted by Crippen LogP contribution is -3.00. The van der Waals surface area contributed by atoms with Gasteiger partial charge in [-0.05, 0) is 36.4 Å². The fourth-order valence-corrected chi connectivity index (χ4v) is 4.66. The Kier molecular flexibility index (Phi) is 6.55. The average Bonchev–Trinajstić information content (AvgIpc) is 3.29. The topological polar surface area (TPSA) is 159 Å². The summed E-state index contributed by atoms with van der Waals surface area (Å²) in [6.07, 6.45) is 3.40. The van der Waals surface area contributed by atoms with Crippen molar-refractivity contribution in [1.82, 2.24) is 14.8 Å². The third-order valence-electron chi connectivity index (χ3n) is 6.20. The van der Waals surface area contributed by atoms with Gasteiger partial charge in [0.15, 0.2) is 11.7 Å². The van der Waals surface area contributed by atoms with Gasteiger partial charge in [-0.25, -0.2) is 4.79 Å². The van der Waals surface area contributed by atoms with E-state index in [1.54, 1.807) is 11.8 Å². The summed E-state index contributed by atoms with van der Waals surface area (Å²) in [5.74, 6) is -1.56. The summed E-state index contributed by atoms with van der Waals surface area (Å²) in [6.45, 7) is 1.78. The van der Waals surface area contributed by atoms with Crippen molar-refractivity contribution >= 4 is 23.9 Å². The quantitative estimate of drug-likeness (QED) is 0.277. The number of phenols is 1. The lowest BCUT2D eigenvalue weighted by atomic mass is 9.86. The zero-order valence-electron chi connectivity index (χ0n) is 18.5. The Labute approximate surface area is 205 Å². The number of ketones is 1. The van der Waals surface area contributed by atoms with Gasteiger partial charge in [0.25, 0.3) is 0 Å². The molecule has 1 aromatic carbocycles. The molecule has 1 saturated heterocycles. The van der Waals surface area contributed by atoms with Crippen molar-refractivity contribution in [2.45, 2.75) is 31.5 Å². The lowest BCUT2D eigenvalue weighted by Gasteiger charge is -2.48. The molecule has 4 aliphatic rings. The van der Waals surface area contributed by atoms with Gasteiger partial charge in [-0.3, -0.25) is 9.59 Å². The number of Topliss-reactive ketones (excluding diaryl/α,β-unsaturated/α-hetero) is 1. The third-order valence-corrected chi connectivity index (χ3v) is 6.20. The molecule has 13 heteroatoms. The zero-order chi connectivity index (χ0) is 24.8. The Morgan fingerprint density at radius 3 is 2.11 bits per heavy atom. The molecule has 12 nitrogen and oxygen atoms in total. The summed E-state index contributed by atoms with van der Waals surface area (Å²) in [4.78, 5) is 51.8. The number of hydrogen-bond acceptors (Lipinski definition) is 7. The number of phenolic OH excluding ortho intramolecular Hbond substituents is 1. The molecule has 0 saturated carbocycles. The van der Waals surface area contributed by atoms with E-state index in [-0.39, 0.29) is 48.9 Å². The zero-order valence-corrected chi connectivity index (χ0v) is 19.2. The number of carboxylic acid groups (broad SMARTS) is 3. The van der Waals surface area contributed by atoms with Crippen LogP contribution in [0.5, 0.6) is 5.75 Å². The molecule has 35 heavy (non-hydrogen) atoms. The van der Waals surface area contributed by atoms with Crippen molar-refractivity contribution in [3.8, 4) is 5.75 Å². The van der Waals surface area contributed by atoms with Crippen LogP contribution >= 0.6 is 0 Å². The number of nitrogens with zero attached hydrogens (tertiary/aromatic N) is 4. The van der Waals surface area contributed by atoms with Gasteiger partial charge in [0.05, 0.1) is 6.42 Å². The van der Waals surface area contributed by atoms with E-state index < -0.39 is 40.2 Å². The highest BCUT2D eigenvalue weighted by molar-refractivity contribution is 6.06. The standard InChI is InChI=1S/C22H22N4O8.ClH/c1-2-17-24(20(31)32)16-13-26(17,21(33)34)25(16)22(19(30)14-3-5-15(27)6-4-14)8-11-23(12-9-22)10-7-18(28)29;/h3-6,8-9,11-13,17H,2,7,10H2,1H3,(H3-,27,28,29,30,31,32,33,34);1H. The number of benzene rings is 1. The second-order valence-electron chi connectivity index (χ2n) is 8.08. The first-order valence-corrected chi connectivity index (χ1v) is 10.5. The number of amides is 2. The van der Waals surface area contributed by atoms with Crippen LogP contribution < -0.4 is 12.4 Å². The minimum absolute atomic E-state index is 0. The van der Waals surface area contributed by atoms with Gasteiger partial charge < -0.3 is 37.7 Å². The molecule has 4 N–H and O–H groups in total. The van der Waals surface area contributed by atoms with E-state index in [0.29, 0.717) is 0 Å².